The predicted molar refractivity (Wildman–Crippen MR) is 273 cm³/mol. The molecule has 70 heavy (non-hydrogen) atoms. The zero-order chi connectivity index (χ0) is 47.9. The van der Waals surface area contributed by atoms with Crippen molar-refractivity contribution in [2.45, 2.75) is 96.6 Å². The second-order valence-electron chi connectivity index (χ2n) is 20.9. The summed E-state index contributed by atoms with van der Waals surface area (Å²) in [5.41, 5.74) is 2.67. The van der Waals surface area contributed by atoms with E-state index < -0.39 is 0 Å². The van der Waals surface area contributed by atoms with Crippen LogP contribution >= 0.6 is 12.4 Å². The Morgan fingerprint density at radius 3 is 1.11 bits per heavy atom. The molecule has 3 aliphatic heterocycles. The quantitative estimate of drug-likeness (QED) is 0.120. The van der Waals surface area contributed by atoms with Crippen LogP contribution in [0.15, 0.2) is 55.8 Å². The number of ether oxygens (including phenoxy) is 2. The number of aromatic amines is 3. The van der Waals surface area contributed by atoms with E-state index >= 15 is 0 Å². The maximum absolute atomic E-state index is 12.1. The molecule has 0 aromatic carbocycles. The van der Waals surface area contributed by atoms with Gasteiger partial charge in [0.2, 0.25) is 0 Å². The Hall–Kier alpha value is -5.95. The molecule has 0 radical (unpaired) electrons. The Balaban J connectivity index is 0.000000131. The Kier molecular flexibility index (Phi) is 14.6. The van der Waals surface area contributed by atoms with E-state index in [0.29, 0.717) is 41.8 Å². The number of amides is 2. The zero-order valence-electron chi connectivity index (χ0n) is 41.5. The summed E-state index contributed by atoms with van der Waals surface area (Å²) in [6, 6.07) is 7.64. The fourth-order valence-electron chi connectivity index (χ4n) is 12.4. The molecule has 12 rings (SSSR count). The van der Waals surface area contributed by atoms with Crippen LogP contribution in [0.2, 0.25) is 0 Å². The second-order valence-corrected chi connectivity index (χ2v) is 20.9. The molecule has 3 aliphatic carbocycles. The van der Waals surface area contributed by atoms with Crippen LogP contribution in [0, 0.1) is 35.5 Å². The largest absolute Gasteiger partial charge is 0.447 e. The topological polar surface area (TPSA) is 206 Å². The number of fused-ring (bicyclic) bond motifs is 6. The monoisotopic (exact) mass is 980 g/mol. The van der Waals surface area contributed by atoms with E-state index in [1.807, 2.05) is 68.2 Å². The van der Waals surface area contributed by atoms with Gasteiger partial charge in [-0.05, 0) is 133 Å². The fourth-order valence-corrected chi connectivity index (χ4v) is 12.4. The number of halogens is 1. The van der Waals surface area contributed by atoms with Crippen LogP contribution in [0.25, 0.3) is 33.1 Å². The summed E-state index contributed by atoms with van der Waals surface area (Å²) in [6.45, 7) is 13.2. The smallest absolute Gasteiger partial charge is 0.410 e. The van der Waals surface area contributed by atoms with Crippen LogP contribution in [0.5, 0.6) is 0 Å². The Morgan fingerprint density at radius 1 is 0.514 bits per heavy atom. The van der Waals surface area contributed by atoms with E-state index in [-0.39, 0.29) is 36.8 Å². The van der Waals surface area contributed by atoms with Crippen LogP contribution in [0.1, 0.15) is 66.2 Å². The number of hydrogen-bond acceptors (Lipinski definition) is 14. The Bertz CT molecular complexity index is 2560. The molecule has 6 aromatic heterocycles. The lowest BCUT2D eigenvalue weighted by molar-refractivity contribution is 0.0803. The minimum Gasteiger partial charge on any atom is -0.447 e. The number of anilines is 3. The summed E-state index contributed by atoms with van der Waals surface area (Å²) in [6.07, 6.45) is 17.1. The summed E-state index contributed by atoms with van der Waals surface area (Å²) in [5, 5.41) is 6.74. The molecule has 6 aromatic rings. The van der Waals surface area contributed by atoms with Crippen molar-refractivity contribution in [1.82, 2.24) is 60.0 Å². The number of hydrogen-bond donors (Lipinski definition) is 4. The average molecular weight is 981 g/mol. The van der Waals surface area contributed by atoms with Crippen molar-refractivity contribution in [3.63, 3.8) is 0 Å². The number of carbonyl (C=O) groups excluding carboxylic acids is 2. The number of carbonyl (C=O) groups is 2. The lowest BCUT2D eigenvalue weighted by atomic mass is 10.0. The second kappa shape index (κ2) is 20.8. The number of H-pyrrole nitrogens is 3. The molecular formula is C50H70ClN15O4. The van der Waals surface area contributed by atoms with Crippen LogP contribution in [0.4, 0.5) is 27.0 Å². The summed E-state index contributed by atoms with van der Waals surface area (Å²) in [5.74, 6) is 6.94. The fraction of sp³-hybridized carbons (Fsp3) is 0.600. The van der Waals surface area contributed by atoms with Gasteiger partial charge in [-0.2, -0.15) is 0 Å². The van der Waals surface area contributed by atoms with Gasteiger partial charge < -0.3 is 54.2 Å². The molecule has 3 saturated heterocycles. The van der Waals surface area contributed by atoms with Crippen molar-refractivity contribution in [2.75, 3.05) is 75.1 Å². The standard InChI is InChI=1S/2C18H25N5O2.C14H19N5.ClH/c2*1-11(2)25-18(24)23-8-12-6-14(7-13(12)9-23)22(3)17-15-4-5-19-16(15)20-10-21-17;1-19(11-4-9-6-15-7-10(9)5-11)14-12-2-3-16-13(12)17-8-18-14;/h2*4-5,10-14H,6-9H2,1-3H3,(H,19,20,21);2-3,8-11,15H,4-7H2,1H3,(H,16,17,18);1H/t2*12-,13+,14?;9-,10+,11?;. The highest BCUT2D eigenvalue weighted by atomic mass is 35.5. The maximum Gasteiger partial charge on any atom is 0.410 e. The summed E-state index contributed by atoms with van der Waals surface area (Å²) in [7, 11) is 6.41. The van der Waals surface area contributed by atoms with Gasteiger partial charge in [0.15, 0.2) is 0 Å². The summed E-state index contributed by atoms with van der Waals surface area (Å²) < 4.78 is 10.7. The molecule has 9 heterocycles. The van der Waals surface area contributed by atoms with E-state index in [1.54, 1.807) is 19.0 Å². The number of likely N-dealkylation sites (tertiary alicyclic amines) is 2. The normalized spacial score (nSPS) is 26.4. The minimum absolute atomic E-state index is 0. The van der Waals surface area contributed by atoms with Crippen molar-refractivity contribution < 1.29 is 19.1 Å². The molecule has 6 fully saturated rings. The average Bonchev–Trinajstić information content (AvgIpc) is 4.17. The van der Waals surface area contributed by atoms with Gasteiger partial charge in [-0.15, -0.1) is 12.4 Å². The first kappa shape index (κ1) is 49.0. The molecule has 9 atom stereocenters. The highest BCUT2D eigenvalue weighted by Crippen LogP contribution is 2.43. The maximum atomic E-state index is 12.1. The molecule has 2 amide bonds. The molecule has 0 bridgehead atoms. The molecule has 6 aliphatic rings. The molecule has 19 nitrogen and oxygen atoms in total. The number of rotatable bonds is 8. The molecular weight excluding hydrogens is 910 g/mol. The molecule has 0 spiro atoms. The van der Waals surface area contributed by atoms with Crippen LogP contribution in [0.3, 0.4) is 0 Å². The first-order valence-electron chi connectivity index (χ1n) is 25.0. The summed E-state index contributed by atoms with van der Waals surface area (Å²) in [4.78, 5) is 70.7. The zero-order valence-corrected chi connectivity index (χ0v) is 42.3. The van der Waals surface area contributed by atoms with Crippen LogP contribution < -0.4 is 20.0 Å². The first-order valence-corrected chi connectivity index (χ1v) is 25.0. The highest BCUT2D eigenvalue weighted by molar-refractivity contribution is 5.89. The Labute approximate surface area is 415 Å². The van der Waals surface area contributed by atoms with Gasteiger partial charge in [-0.1, -0.05) is 0 Å². The van der Waals surface area contributed by atoms with E-state index in [4.69, 9.17) is 9.47 Å². The van der Waals surface area contributed by atoms with Crippen molar-refractivity contribution >= 4 is 75.1 Å². The van der Waals surface area contributed by atoms with Gasteiger partial charge in [0.05, 0.1) is 28.4 Å². The minimum atomic E-state index is -0.167. The van der Waals surface area contributed by atoms with E-state index in [9.17, 15) is 9.59 Å². The third-order valence-electron chi connectivity index (χ3n) is 15.9. The van der Waals surface area contributed by atoms with Gasteiger partial charge in [-0.3, -0.25) is 0 Å². The molecule has 3 unspecified atom stereocenters. The van der Waals surface area contributed by atoms with E-state index in [2.05, 4.69) is 92.1 Å². The number of aromatic nitrogens is 9. The van der Waals surface area contributed by atoms with E-state index in [1.165, 1.54) is 25.9 Å². The van der Waals surface area contributed by atoms with Gasteiger partial charge >= 0.3 is 12.2 Å². The predicted octanol–water partition coefficient (Wildman–Crippen LogP) is 7.11. The molecule has 3 saturated carbocycles. The van der Waals surface area contributed by atoms with Gasteiger partial charge in [0, 0.05) is 84.0 Å². The SMILES string of the molecule is CC(C)OC(=O)N1C[C@H]2CC(N(C)c3ncnc4[nH]ccc34)C[C@H]2C1.CC(C)OC(=O)N1C[C@H]2CC(N(C)c3ncnc4[nH]ccc34)C[C@H]2C1.CN(c1ncnc2[nH]ccc12)C1C[C@H]2CNC[C@H]2C1.Cl. The third-order valence-corrected chi connectivity index (χ3v) is 15.9. The van der Waals surface area contributed by atoms with E-state index in [0.717, 1.165) is 114 Å². The van der Waals surface area contributed by atoms with Crippen molar-refractivity contribution in [3.8, 4) is 0 Å². The van der Waals surface area contributed by atoms with Gasteiger partial charge in [0.25, 0.3) is 0 Å². The lowest BCUT2D eigenvalue weighted by Gasteiger charge is -2.28. The lowest BCUT2D eigenvalue weighted by Crippen LogP contribution is -2.35. The van der Waals surface area contributed by atoms with Crippen LogP contribution in [-0.2, 0) is 9.47 Å². The molecule has 20 heteroatoms. The Morgan fingerprint density at radius 2 is 0.814 bits per heavy atom. The molecule has 376 valence electrons. The van der Waals surface area contributed by atoms with Gasteiger partial charge in [-0.25, -0.2) is 39.5 Å². The first-order chi connectivity index (χ1) is 33.4. The summed E-state index contributed by atoms with van der Waals surface area (Å²) >= 11 is 0. The third kappa shape index (κ3) is 10.0. The highest BCUT2D eigenvalue weighted by Gasteiger charge is 2.46. The number of nitrogens with one attached hydrogen (secondary N) is 4. The molecule has 4 N–H and O–H groups in total. The van der Waals surface area contributed by atoms with Crippen molar-refractivity contribution in [1.29, 1.82) is 0 Å². The number of nitrogens with zero attached hydrogens (tertiary/aromatic N) is 11. The van der Waals surface area contributed by atoms with Gasteiger partial charge in [0.1, 0.15) is 53.4 Å². The van der Waals surface area contributed by atoms with Crippen molar-refractivity contribution in [2.24, 2.45) is 35.5 Å². The van der Waals surface area contributed by atoms with Crippen LogP contribution in [-0.4, -0.2) is 158 Å². The van der Waals surface area contributed by atoms with Crippen molar-refractivity contribution in [3.05, 3.63) is 55.8 Å².